The van der Waals surface area contributed by atoms with Gasteiger partial charge in [0.15, 0.2) is 0 Å². The highest BCUT2D eigenvalue weighted by atomic mass is 32.2. The van der Waals surface area contributed by atoms with Gasteiger partial charge < -0.3 is 5.32 Å². The Hall–Kier alpha value is -3.37. The van der Waals surface area contributed by atoms with Gasteiger partial charge in [-0.1, -0.05) is 31.2 Å². The Bertz CT molecular complexity index is 1290. The molecule has 0 aliphatic carbocycles. The highest BCUT2D eigenvalue weighted by molar-refractivity contribution is 7.93. The lowest BCUT2D eigenvalue weighted by Crippen LogP contribution is -2.16. The first kappa shape index (κ1) is 23.3. The maximum atomic E-state index is 12.6. The molecule has 0 unspecified atom stereocenters. The number of carbonyl (C=O) groups excluding carboxylic acids is 1. The van der Waals surface area contributed by atoms with E-state index >= 15 is 0 Å². The number of sulfonamides is 2. The van der Waals surface area contributed by atoms with Crippen molar-refractivity contribution in [1.82, 2.24) is 0 Å². The first-order valence-electron chi connectivity index (χ1n) is 9.78. The van der Waals surface area contributed by atoms with Crippen LogP contribution in [0.1, 0.15) is 23.7 Å². The maximum absolute atomic E-state index is 12.6. The Balaban J connectivity index is 1.68. The number of hydrogen-bond donors (Lipinski definition) is 3. The lowest BCUT2D eigenvalue weighted by Gasteiger charge is -2.11. The third-order valence-electron chi connectivity index (χ3n) is 4.32. The molecule has 3 aromatic carbocycles. The minimum absolute atomic E-state index is 0.0237. The molecule has 0 saturated carbocycles. The van der Waals surface area contributed by atoms with Gasteiger partial charge in [0.05, 0.1) is 10.6 Å². The topological polar surface area (TPSA) is 121 Å². The van der Waals surface area contributed by atoms with Crippen LogP contribution in [0.4, 0.5) is 17.1 Å². The molecule has 0 saturated heterocycles. The lowest BCUT2D eigenvalue weighted by atomic mass is 10.2. The average Bonchev–Trinajstić information content (AvgIpc) is 2.75. The number of benzene rings is 3. The van der Waals surface area contributed by atoms with Crippen molar-refractivity contribution in [2.75, 3.05) is 20.5 Å². The van der Waals surface area contributed by atoms with E-state index < -0.39 is 26.0 Å². The molecule has 0 radical (unpaired) electrons. The lowest BCUT2D eigenvalue weighted by molar-refractivity contribution is 0.102. The standard InChI is InChI=1S/C22H23N3O5S2/c1-2-15-31(27,28)24-19-13-11-18(12-14-19)23-22(26)17-7-6-8-20(16-17)25-32(29,30)21-9-4-3-5-10-21/h3-14,16,24-25H,2,15H2,1H3,(H,23,26). The second kappa shape index (κ2) is 9.84. The summed E-state index contributed by atoms with van der Waals surface area (Å²) in [6, 6.07) is 20.3. The number of rotatable bonds is 9. The van der Waals surface area contributed by atoms with Crippen molar-refractivity contribution in [3.05, 3.63) is 84.4 Å². The molecule has 3 aromatic rings. The van der Waals surface area contributed by atoms with Gasteiger partial charge in [0.1, 0.15) is 0 Å². The fourth-order valence-electron chi connectivity index (χ4n) is 2.86. The van der Waals surface area contributed by atoms with Crippen molar-refractivity contribution in [3.63, 3.8) is 0 Å². The predicted octanol–water partition coefficient (Wildman–Crippen LogP) is 3.89. The van der Waals surface area contributed by atoms with E-state index in [-0.39, 0.29) is 21.9 Å². The average molecular weight is 474 g/mol. The smallest absolute Gasteiger partial charge is 0.261 e. The van der Waals surface area contributed by atoms with Crippen LogP contribution in [0.2, 0.25) is 0 Å². The Morgan fingerprint density at radius 1 is 0.750 bits per heavy atom. The van der Waals surface area contributed by atoms with Crippen molar-refractivity contribution in [2.45, 2.75) is 18.2 Å². The SMILES string of the molecule is CCCS(=O)(=O)Nc1ccc(NC(=O)c2cccc(NS(=O)(=O)c3ccccc3)c2)cc1. The fraction of sp³-hybridized carbons (Fsp3) is 0.136. The van der Waals surface area contributed by atoms with Gasteiger partial charge in [-0.05, 0) is 61.0 Å². The van der Waals surface area contributed by atoms with Crippen molar-refractivity contribution in [1.29, 1.82) is 0 Å². The summed E-state index contributed by atoms with van der Waals surface area (Å²) < 4.78 is 53.6. The zero-order valence-corrected chi connectivity index (χ0v) is 18.9. The van der Waals surface area contributed by atoms with Crippen LogP contribution in [-0.4, -0.2) is 28.5 Å². The van der Waals surface area contributed by atoms with E-state index in [4.69, 9.17) is 0 Å². The van der Waals surface area contributed by atoms with Crippen molar-refractivity contribution in [2.24, 2.45) is 0 Å². The normalized spacial score (nSPS) is 11.5. The molecule has 10 heteroatoms. The van der Waals surface area contributed by atoms with Crippen LogP contribution >= 0.6 is 0 Å². The van der Waals surface area contributed by atoms with Crippen molar-refractivity contribution in [3.8, 4) is 0 Å². The molecule has 32 heavy (non-hydrogen) atoms. The third-order valence-corrected chi connectivity index (χ3v) is 7.21. The molecule has 3 N–H and O–H groups in total. The predicted molar refractivity (Wildman–Crippen MR) is 126 cm³/mol. The van der Waals surface area contributed by atoms with Crippen LogP contribution in [0, 0.1) is 0 Å². The van der Waals surface area contributed by atoms with E-state index in [9.17, 15) is 21.6 Å². The maximum Gasteiger partial charge on any atom is 0.261 e. The Labute approximate surface area is 187 Å². The number of anilines is 3. The van der Waals surface area contributed by atoms with Crippen LogP contribution in [0.15, 0.2) is 83.8 Å². The van der Waals surface area contributed by atoms with E-state index in [1.54, 1.807) is 67.6 Å². The molecule has 0 fully saturated rings. The van der Waals surface area contributed by atoms with Gasteiger partial charge in [0, 0.05) is 22.6 Å². The summed E-state index contributed by atoms with van der Waals surface area (Å²) >= 11 is 0. The monoisotopic (exact) mass is 473 g/mol. The molecule has 0 heterocycles. The molecule has 0 atom stereocenters. The first-order chi connectivity index (χ1) is 15.2. The highest BCUT2D eigenvalue weighted by Gasteiger charge is 2.15. The summed E-state index contributed by atoms with van der Waals surface area (Å²) in [6.07, 6.45) is 0.504. The van der Waals surface area contributed by atoms with Gasteiger partial charge in [-0.2, -0.15) is 0 Å². The minimum atomic E-state index is -3.78. The summed E-state index contributed by atoms with van der Waals surface area (Å²) in [5.41, 5.74) is 1.37. The molecular weight excluding hydrogens is 450 g/mol. The largest absolute Gasteiger partial charge is 0.322 e. The van der Waals surface area contributed by atoms with E-state index in [0.717, 1.165) is 0 Å². The van der Waals surface area contributed by atoms with E-state index in [2.05, 4.69) is 14.8 Å². The minimum Gasteiger partial charge on any atom is -0.322 e. The Kier molecular flexibility index (Phi) is 7.16. The van der Waals surface area contributed by atoms with Gasteiger partial charge >= 0.3 is 0 Å². The molecule has 3 rings (SSSR count). The van der Waals surface area contributed by atoms with Crippen molar-refractivity contribution >= 4 is 43.0 Å². The van der Waals surface area contributed by atoms with Crippen LogP contribution in [0.3, 0.4) is 0 Å². The molecule has 1 amide bonds. The number of hydrogen-bond acceptors (Lipinski definition) is 5. The van der Waals surface area contributed by atoms with Gasteiger partial charge in [-0.15, -0.1) is 0 Å². The summed E-state index contributed by atoms with van der Waals surface area (Å²) in [5.74, 6) is -0.416. The molecule has 0 bridgehead atoms. The van der Waals surface area contributed by atoms with Gasteiger partial charge in [0.2, 0.25) is 10.0 Å². The van der Waals surface area contributed by atoms with E-state index in [0.29, 0.717) is 17.8 Å². The molecule has 0 spiro atoms. The van der Waals surface area contributed by atoms with Crippen LogP contribution in [0.25, 0.3) is 0 Å². The second-order valence-electron chi connectivity index (χ2n) is 6.95. The summed E-state index contributed by atoms with van der Waals surface area (Å²) in [5, 5.41) is 2.70. The molecule has 0 aromatic heterocycles. The second-order valence-corrected chi connectivity index (χ2v) is 10.5. The molecule has 0 aliphatic rings. The highest BCUT2D eigenvalue weighted by Crippen LogP contribution is 2.19. The summed E-state index contributed by atoms with van der Waals surface area (Å²) in [7, 11) is -7.17. The van der Waals surface area contributed by atoms with Gasteiger partial charge in [-0.25, -0.2) is 16.8 Å². The molecule has 0 aliphatic heterocycles. The fourth-order valence-corrected chi connectivity index (χ4v) is 5.07. The van der Waals surface area contributed by atoms with Crippen LogP contribution in [0.5, 0.6) is 0 Å². The summed E-state index contributed by atoms with van der Waals surface area (Å²) in [6.45, 7) is 1.78. The zero-order valence-electron chi connectivity index (χ0n) is 17.3. The Morgan fingerprint density at radius 3 is 2.06 bits per heavy atom. The van der Waals surface area contributed by atoms with Gasteiger partial charge in [0.25, 0.3) is 15.9 Å². The molecule has 8 nitrogen and oxygen atoms in total. The van der Waals surface area contributed by atoms with Crippen molar-refractivity contribution < 1.29 is 21.6 Å². The first-order valence-corrected chi connectivity index (χ1v) is 12.9. The zero-order chi connectivity index (χ0) is 23.2. The summed E-state index contributed by atoms with van der Waals surface area (Å²) in [4.78, 5) is 12.7. The Morgan fingerprint density at radius 2 is 1.41 bits per heavy atom. The third kappa shape index (κ3) is 6.32. The number of amides is 1. The number of nitrogens with one attached hydrogen (secondary N) is 3. The van der Waals surface area contributed by atoms with E-state index in [1.165, 1.54) is 18.2 Å². The van der Waals surface area contributed by atoms with Crippen LogP contribution in [-0.2, 0) is 20.0 Å². The van der Waals surface area contributed by atoms with Gasteiger partial charge in [-0.3, -0.25) is 14.2 Å². The van der Waals surface area contributed by atoms with Crippen LogP contribution < -0.4 is 14.8 Å². The molecular formula is C22H23N3O5S2. The van der Waals surface area contributed by atoms with E-state index in [1.807, 2.05) is 0 Å². The number of carbonyl (C=O) groups is 1. The molecule has 168 valence electrons. The quantitative estimate of drug-likeness (QED) is 0.435.